The molecule has 27 heavy (non-hydrogen) atoms. The Kier molecular flexibility index (Phi) is 4.58. The Morgan fingerprint density at radius 3 is 2.93 bits per heavy atom. The zero-order valence-electron chi connectivity index (χ0n) is 15.0. The first-order valence-corrected chi connectivity index (χ1v) is 8.92. The number of fused-ring (bicyclic) bond motifs is 1. The molecule has 1 atom stereocenters. The highest BCUT2D eigenvalue weighted by atomic mass is 16.5. The second-order valence-electron chi connectivity index (χ2n) is 6.68. The molecule has 1 amide bonds. The summed E-state index contributed by atoms with van der Waals surface area (Å²) in [5.74, 6) is 0.460. The van der Waals surface area contributed by atoms with Crippen LogP contribution in [0.25, 0.3) is 10.9 Å². The molecule has 1 saturated heterocycles. The van der Waals surface area contributed by atoms with Gasteiger partial charge in [-0.25, -0.2) is 9.97 Å². The maximum Gasteiger partial charge on any atom is 0.261 e. The van der Waals surface area contributed by atoms with Gasteiger partial charge in [-0.2, -0.15) is 0 Å². The van der Waals surface area contributed by atoms with E-state index < -0.39 is 0 Å². The minimum Gasteiger partial charge on any atom is -0.472 e. The number of pyridine rings is 1. The summed E-state index contributed by atoms with van der Waals surface area (Å²) in [6.07, 6.45) is 2.09. The Balaban J connectivity index is 1.42. The van der Waals surface area contributed by atoms with Gasteiger partial charge in [-0.05, 0) is 25.1 Å². The fraction of sp³-hybridized carbons (Fsp3) is 0.300. The van der Waals surface area contributed by atoms with E-state index in [2.05, 4.69) is 9.97 Å². The number of rotatable bonds is 4. The van der Waals surface area contributed by atoms with Gasteiger partial charge in [0.05, 0.1) is 23.8 Å². The van der Waals surface area contributed by atoms with Gasteiger partial charge in [-0.15, -0.1) is 0 Å². The number of amides is 1. The Labute approximate surface area is 156 Å². The van der Waals surface area contributed by atoms with Crippen LogP contribution in [0.2, 0.25) is 0 Å². The number of likely N-dealkylation sites (tertiary alicyclic amines) is 1. The summed E-state index contributed by atoms with van der Waals surface area (Å²) in [7, 11) is 0. The molecule has 0 bridgehead atoms. The normalized spacial score (nSPS) is 16.6. The Morgan fingerprint density at radius 2 is 2.07 bits per heavy atom. The SMILES string of the molecule is Cc1cccc(O[C@@H]2CCN(C(=O)Cn3cnc4ccccc4c3=O)C2)n1. The van der Waals surface area contributed by atoms with Crippen LogP contribution in [0.3, 0.4) is 0 Å². The summed E-state index contributed by atoms with van der Waals surface area (Å²) in [4.78, 5) is 35.5. The largest absolute Gasteiger partial charge is 0.472 e. The molecule has 1 aliphatic rings. The molecule has 0 spiro atoms. The topological polar surface area (TPSA) is 77.3 Å². The van der Waals surface area contributed by atoms with E-state index in [4.69, 9.17) is 4.74 Å². The molecular formula is C20H20N4O3. The van der Waals surface area contributed by atoms with E-state index >= 15 is 0 Å². The van der Waals surface area contributed by atoms with Crippen LogP contribution in [0.4, 0.5) is 0 Å². The van der Waals surface area contributed by atoms with Crippen molar-refractivity contribution in [3.8, 4) is 5.88 Å². The minimum absolute atomic E-state index is 0.0217. The summed E-state index contributed by atoms with van der Waals surface area (Å²) in [6, 6.07) is 12.8. The first-order valence-electron chi connectivity index (χ1n) is 8.92. The number of ether oxygens (including phenoxy) is 1. The van der Waals surface area contributed by atoms with Crippen LogP contribution in [0.5, 0.6) is 5.88 Å². The third-order valence-corrected chi connectivity index (χ3v) is 4.69. The second-order valence-corrected chi connectivity index (χ2v) is 6.68. The molecule has 0 unspecified atom stereocenters. The van der Waals surface area contributed by atoms with Gasteiger partial charge in [0.25, 0.3) is 5.56 Å². The van der Waals surface area contributed by atoms with E-state index in [-0.39, 0.29) is 24.1 Å². The third kappa shape index (κ3) is 3.67. The molecule has 2 aromatic heterocycles. The maximum absolute atomic E-state index is 12.6. The van der Waals surface area contributed by atoms with Crippen LogP contribution in [-0.2, 0) is 11.3 Å². The van der Waals surface area contributed by atoms with Crippen LogP contribution >= 0.6 is 0 Å². The molecular weight excluding hydrogens is 344 g/mol. The van der Waals surface area contributed by atoms with E-state index in [0.717, 1.165) is 12.1 Å². The van der Waals surface area contributed by atoms with Gasteiger partial charge in [0.2, 0.25) is 11.8 Å². The van der Waals surface area contributed by atoms with Crippen LogP contribution in [0.15, 0.2) is 53.6 Å². The smallest absolute Gasteiger partial charge is 0.261 e. The van der Waals surface area contributed by atoms with Crippen LogP contribution in [0, 0.1) is 6.92 Å². The van der Waals surface area contributed by atoms with Crippen LogP contribution in [0.1, 0.15) is 12.1 Å². The van der Waals surface area contributed by atoms with Crippen molar-refractivity contribution in [1.29, 1.82) is 0 Å². The fourth-order valence-electron chi connectivity index (χ4n) is 3.27. The van der Waals surface area contributed by atoms with Crippen molar-refractivity contribution >= 4 is 16.8 Å². The number of carbonyl (C=O) groups excluding carboxylic acids is 1. The van der Waals surface area contributed by atoms with Crippen LogP contribution < -0.4 is 10.3 Å². The first-order chi connectivity index (χ1) is 13.1. The molecule has 3 aromatic rings. The average Bonchev–Trinajstić information content (AvgIpc) is 3.13. The second kappa shape index (κ2) is 7.19. The van der Waals surface area contributed by atoms with Gasteiger partial charge in [-0.3, -0.25) is 14.2 Å². The van der Waals surface area contributed by atoms with E-state index in [0.29, 0.717) is 29.9 Å². The van der Waals surface area contributed by atoms with E-state index in [1.54, 1.807) is 23.1 Å². The number of carbonyl (C=O) groups is 1. The van der Waals surface area contributed by atoms with Crippen molar-refractivity contribution in [2.45, 2.75) is 26.0 Å². The van der Waals surface area contributed by atoms with Gasteiger partial charge in [0.15, 0.2) is 0 Å². The lowest BCUT2D eigenvalue weighted by Crippen LogP contribution is -2.36. The lowest BCUT2D eigenvalue weighted by atomic mass is 10.2. The average molecular weight is 364 g/mol. The number of aromatic nitrogens is 3. The summed E-state index contributed by atoms with van der Waals surface area (Å²) in [5, 5.41) is 0.515. The quantitative estimate of drug-likeness (QED) is 0.705. The molecule has 0 aliphatic carbocycles. The predicted molar refractivity (Wildman–Crippen MR) is 101 cm³/mol. The number of benzene rings is 1. The molecule has 0 N–H and O–H groups in total. The molecule has 7 heteroatoms. The summed E-state index contributed by atoms with van der Waals surface area (Å²) in [6.45, 7) is 2.98. The molecule has 4 rings (SSSR count). The van der Waals surface area contributed by atoms with E-state index in [9.17, 15) is 9.59 Å². The highest BCUT2D eigenvalue weighted by molar-refractivity contribution is 5.79. The fourth-order valence-corrected chi connectivity index (χ4v) is 3.27. The molecule has 1 fully saturated rings. The molecule has 1 aromatic carbocycles. The zero-order valence-corrected chi connectivity index (χ0v) is 15.0. The maximum atomic E-state index is 12.6. The van der Waals surface area contributed by atoms with Crippen molar-refractivity contribution in [3.63, 3.8) is 0 Å². The van der Waals surface area contributed by atoms with Crippen molar-refractivity contribution in [2.75, 3.05) is 13.1 Å². The monoisotopic (exact) mass is 364 g/mol. The van der Waals surface area contributed by atoms with Gasteiger partial charge in [-0.1, -0.05) is 18.2 Å². The number of hydrogen-bond donors (Lipinski definition) is 0. The summed E-state index contributed by atoms with van der Waals surface area (Å²) in [5.41, 5.74) is 1.32. The molecule has 138 valence electrons. The lowest BCUT2D eigenvalue weighted by Gasteiger charge is -2.17. The molecule has 3 heterocycles. The van der Waals surface area contributed by atoms with Crippen molar-refractivity contribution in [3.05, 3.63) is 64.8 Å². The summed E-state index contributed by atoms with van der Waals surface area (Å²) < 4.78 is 7.24. The van der Waals surface area contributed by atoms with Gasteiger partial charge < -0.3 is 9.64 Å². The summed E-state index contributed by atoms with van der Waals surface area (Å²) >= 11 is 0. The molecule has 0 radical (unpaired) electrons. The highest BCUT2D eigenvalue weighted by Crippen LogP contribution is 2.17. The molecule has 0 saturated carbocycles. The highest BCUT2D eigenvalue weighted by Gasteiger charge is 2.28. The third-order valence-electron chi connectivity index (χ3n) is 4.69. The van der Waals surface area contributed by atoms with Gasteiger partial charge >= 0.3 is 0 Å². The number of nitrogens with zero attached hydrogens (tertiary/aromatic N) is 4. The first kappa shape index (κ1) is 17.2. The van der Waals surface area contributed by atoms with E-state index in [1.807, 2.05) is 31.2 Å². The van der Waals surface area contributed by atoms with Gasteiger partial charge in [0, 0.05) is 24.7 Å². The Morgan fingerprint density at radius 1 is 1.22 bits per heavy atom. The molecule has 1 aliphatic heterocycles. The zero-order chi connectivity index (χ0) is 18.8. The van der Waals surface area contributed by atoms with Crippen molar-refractivity contribution in [1.82, 2.24) is 19.4 Å². The van der Waals surface area contributed by atoms with Gasteiger partial charge in [0.1, 0.15) is 12.6 Å². The Bertz CT molecular complexity index is 1050. The lowest BCUT2D eigenvalue weighted by molar-refractivity contribution is -0.131. The molecule has 7 nitrogen and oxygen atoms in total. The minimum atomic E-state index is -0.204. The number of para-hydroxylation sites is 1. The van der Waals surface area contributed by atoms with Crippen molar-refractivity contribution in [2.24, 2.45) is 0 Å². The van der Waals surface area contributed by atoms with Crippen LogP contribution in [-0.4, -0.2) is 44.5 Å². The number of hydrogen-bond acceptors (Lipinski definition) is 5. The predicted octanol–water partition coefficient (Wildman–Crippen LogP) is 1.78. The van der Waals surface area contributed by atoms with Crippen molar-refractivity contribution < 1.29 is 9.53 Å². The van der Waals surface area contributed by atoms with E-state index in [1.165, 1.54) is 10.9 Å². The Hall–Kier alpha value is -3.22. The standard InChI is InChI=1S/C20H20N4O3/c1-14-5-4-8-18(22-14)27-15-9-10-23(11-15)19(25)12-24-13-21-17-7-3-2-6-16(17)20(24)26/h2-8,13,15H,9-12H2,1H3/t15-/m1/s1. The number of aryl methyl sites for hydroxylation is 1.